The Labute approximate surface area is 107 Å². The third-order valence-corrected chi connectivity index (χ3v) is 0. The molecule has 0 aliphatic heterocycles. The van der Waals surface area contributed by atoms with Gasteiger partial charge in [0.25, 0.3) is 0 Å². The fourth-order valence-electron chi connectivity index (χ4n) is 0. The van der Waals surface area contributed by atoms with Gasteiger partial charge in [0.05, 0.1) is 0 Å². The van der Waals surface area contributed by atoms with E-state index in [9.17, 15) is 0 Å². The summed E-state index contributed by atoms with van der Waals surface area (Å²) in [7, 11) is -3.97. The third kappa shape index (κ3) is 53.7. The predicted octanol–water partition coefficient (Wildman–Crippen LogP) is -2.38. The average molecular weight is 277 g/mol. The molecule has 42 valence electrons. The van der Waals surface area contributed by atoms with Crippen molar-refractivity contribution in [3.05, 3.63) is 0 Å². The Morgan fingerprint density at radius 1 is 1.43 bits per heavy atom. The van der Waals surface area contributed by atoms with Gasteiger partial charge in [-0.2, -0.15) is 8.42 Å². The average Bonchev–Trinajstić information content (AvgIpc) is 0.722. The standard InChI is InChI=1S/K.H2O3S2.Sn.5H/c;1-5(2,3)4;;;;;;/h;(H2,1,2,3,4);;;;;;. The van der Waals surface area contributed by atoms with E-state index in [-0.39, 0.29) is 75.3 Å². The van der Waals surface area contributed by atoms with Crippen molar-refractivity contribution in [2.75, 3.05) is 0 Å². The molecule has 1 N–H and O–H groups in total. The third-order valence-electron chi connectivity index (χ3n) is 0. The number of hydrogen-bond donors (Lipinski definition) is 2. The molecular formula is H7KO3S2Sn. The molecule has 0 unspecified atom stereocenters. The molecule has 0 rings (SSSR count). The van der Waals surface area contributed by atoms with Crippen LogP contribution in [0.1, 0.15) is 0 Å². The van der Waals surface area contributed by atoms with Crippen molar-refractivity contribution in [3.63, 3.8) is 0 Å². The Bertz CT molecular complexity index is 96.1. The van der Waals surface area contributed by atoms with E-state index in [1.807, 2.05) is 0 Å². The van der Waals surface area contributed by atoms with Gasteiger partial charge in [-0.25, -0.2) is 0 Å². The summed E-state index contributed by atoms with van der Waals surface area (Å²) in [6, 6.07) is 0. The van der Waals surface area contributed by atoms with E-state index in [2.05, 4.69) is 11.7 Å². The molecule has 7 heavy (non-hydrogen) atoms. The van der Waals surface area contributed by atoms with Crippen molar-refractivity contribution in [1.82, 2.24) is 0 Å². The Hall–Kier alpha value is 2.70. The number of thiol groups is 1. The van der Waals surface area contributed by atoms with E-state index in [4.69, 9.17) is 13.0 Å². The fraction of sp³-hybridized carbons (Fsp3) is 0. The van der Waals surface area contributed by atoms with Crippen LogP contribution in [0, 0.1) is 0 Å². The van der Waals surface area contributed by atoms with Crippen molar-refractivity contribution >= 4 is 96.1 Å². The molecule has 0 bridgehead atoms. The molecule has 3 nitrogen and oxygen atoms in total. The molecular weight excluding hydrogens is 270 g/mol. The summed E-state index contributed by atoms with van der Waals surface area (Å²) in [5.41, 5.74) is 0. The summed E-state index contributed by atoms with van der Waals surface area (Å²) in [5, 5.41) is 0. The summed E-state index contributed by atoms with van der Waals surface area (Å²) in [6.07, 6.45) is 0. The minimum atomic E-state index is -3.97. The van der Waals surface area contributed by atoms with Crippen LogP contribution in [0.4, 0.5) is 0 Å². The van der Waals surface area contributed by atoms with Crippen LogP contribution >= 0.6 is 11.7 Å². The quantitative estimate of drug-likeness (QED) is 0.225. The van der Waals surface area contributed by atoms with Gasteiger partial charge in [-0.1, -0.05) is 0 Å². The van der Waals surface area contributed by atoms with E-state index in [0.717, 1.165) is 0 Å². The maximum absolute atomic E-state index is 9.05. The Morgan fingerprint density at radius 2 is 1.43 bits per heavy atom. The van der Waals surface area contributed by atoms with Gasteiger partial charge in [0, 0.05) is 0 Å². The van der Waals surface area contributed by atoms with E-state index in [1.54, 1.807) is 0 Å². The molecule has 0 saturated carbocycles. The van der Waals surface area contributed by atoms with Crippen LogP contribution < -0.4 is 0 Å². The number of hydrogen-bond acceptors (Lipinski definition) is 2. The van der Waals surface area contributed by atoms with Crippen molar-refractivity contribution in [3.8, 4) is 0 Å². The second kappa shape index (κ2) is 6.81. The molecule has 0 aromatic rings. The Morgan fingerprint density at radius 3 is 1.43 bits per heavy atom. The van der Waals surface area contributed by atoms with Crippen LogP contribution in [-0.4, -0.2) is 88.3 Å². The van der Waals surface area contributed by atoms with Crippen LogP contribution in [0.2, 0.25) is 0 Å². The topological polar surface area (TPSA) is 54.4 Å². The first-order chi connectivity index (χ1) is 2.00. The first-order valence-corrected chi connectivity index (χ1v) is 3.19. The molecule has 0 amide bonds. The molecule has 0 radical (unpaired) electrons. The van der Waals surface area contributed by atoms with Gasteiger partial charge in [0.2, 0.25) is 0 Å². The van der Waals surface area contributed by atoms with Crippen LogP contribution in [0.15, 0.2) is 0 Å². The second-order valence-electron chi connectivity index (χ2n) is 0.448. The molecule has 0 heterocycles. The van der Waals surface area contributed by atoms with Crippen molar-refractivity contribution < 1.29 is 13.0 Å². The molecule has 0 aromatic heterocycles. The molecule has 0 aliphatic rings. The maximum atomic E-state index is 9.05. The molecule has 0 spiro atoms. The van der Waals surface area contributed by atoms with Gasteiger partial charge in [0.1, 0.15) is 0 Å². The van der Waals surface area contributed by atoms with Gasteiger partial charge < -0.3 is 0 Å². The first kappa shape index (κ1) is 16.4. The minimum absolute atomic E-state index is 0. The summed E-state index contributed by atoms with van der Waals surface area (Å²) in [5.74, 6) is 0. The molecule has 0 fully saturated rings. The predicted molar refractivity (Wildman–Crippen MR) is 39.0 cm³/mol. The van der Waals surface area contributed by atoms with E-state index >= 15 is 0 Å². The van der Waals surface area contributed by atoms with Gasteiger partial charge in [0.15, 0.2) is 0 Å². The zero-order valence-corrected chi connectivity index (χ0v) is 3.83. The zero-order valence-electron chi connectivity index (χ0n) is 2.12. The second-order valence-corrected chi connectivity index (χ2v) is 2.73. The van der Waals surface area contributed by atoms with E-state index in [0.29, 0.717) is 0 Å². The van der Waals surface area contributed by atoms with E-state index < -0.39 is 9.15 Å². The molecule has 0 aromatic carbocycles. The van der Waals surface area contributed by atoms with E-state index in [1.165, 1.54) is 0 Å². The molecule has 0 saturated heterocycles. The molecule has 0 aliphatic carbocycles. The normalized spacial score (nSPS) is 8.29. The van der Waals surface area contributed by atoms with Crippen molar-refractivity contribution in [2.24, 2.45) is 0 Å². The summed E-state index contributed by atoms with van der Waals surface area (Å²) < 4.78 is 25.5. The van der Waals surface area contributed by atoms with Gasteiger partial charge in [-0.3, -0.25) is 4.55 Å². The van der Waals surface area contributed by atoms with Gasteiger partial charge >= 0.3 is 84.4 Å². The first-order valence-electron chi connectivity index (χ1n) is 0.698. The van der Waals surface area contributed by atoms with Crippen LogP contribution in [-0.2, 0) is 9.15 Å². The summed E-state index contributed by atoms with van der Waals surface area (Å²) in [6.45, 7) is 0. The zero-order chi connectivity index (χ0) is 4.50. The number of rotatable bonds is 0. The molecule has 0 atom stereocenters. The fourth-order valence-corrected chi connectivity index (χ4v) is 0. The summed E-state index contributed by atoms with van der Waals surface area (Å²) in [4.78, 5) is 0. The van der Waals surface area contributed by atoms with Crippen LogP contribution in [0.25, 0.3) is 0 Å². The van der Waals surface area contributed by atoms with Crippen LogP contribution in [0.5, 0.6) is 0 Å². The van der Waals surface area contributed by atoms with Crippen molar-refractivity contribution in [1.29, 1.82) is 0 Å². The van der Waals surface area contributed by atoms with Gasteiger partial charge in [-0.05, 0) is 11.7 Å². The van der Waals surface area contributed by atoms with Gasteiger partial charge in [-0.15, -0.1) is 0 Å². The Balaban J connectivity index is -0.0000000800. The molecule has 7 heteroatoms. The Kier molecular flexibility index (Phi) is 15.9. The SMILES string of the molecule is O=S(=O)(O)S.[KH].[SnH4]. The summed E-state index contributed by atoms with van der Waals surface area (Å²) >= 11 is 2.65. The van der Waals surface area contributed by atoms with Crippen LogP contribution in [0.3, 0.4) is 0 Å². The monoisotopic (exact) mass is 278 g/mol. The van der Waals surface area contributed by atoms with Crippen molar-refractivity contribution in [2.45, 2.75) is 0 Å².